The first-order valence-electron chi connectivity index (χ1n) is 10.6. The summed E-state index contributed by atoms with van der Waals surface area (Å²) in [6.07, 6.45) is 1.21. The Balaban J connectivity index is 1.62. The summed E-state index contributed by atoms with van der Waals surface area (Å²) in [7, 11) is 0. The zero-order valence-corrected chi connectivity index (χ0v) is 18.6. The maximum atomic E-state index is 12.3. The monoisotopic (exact) mass is 432 g/mol. The van der Waals surface area contributed by atoms with Gasteiger partial charge in [-0.2, -0.15) is 0 Å². The molecule has 0 saturated carbocycles. The van der Waals surface area contributed by atoms with Crippen LogP contribution in [0.1, 0.15) is 49.5 Å². The Bertz CT molecular complexity index is 1160. The van der Waals surface area contributed by atoms with Crippen LogP contribution in [0, 0.1) is 5.41 Å². The van der Waals surface area contributed by atoms with E-state index in [9.17, 15) is 19.5 Å². The number of nitrogens with one attached hydrogen (secondary N) is 2. The number of carboxylic acid groups (broad SMARTS) is 1. The quantitative estimate of drug-likeness (QED) is 0.460. The first-order valence-corrected chi connectivity index (χ1v) is 10.6. The lowest BCUT2D eigenvalue weighted by molar-refractivity contribution is -0.118. The number of benzene rings is 3. The Labute approximate surface area is 187 Å². The molecule has 2 amide bonds. The normalized spacial score (nSPS) is 11.2. The van der Waals surface area contributed by atoms with Crippen LogP contribution in [0.25, 0.3) is 10.8 Å². The minimum absolute atomic E-state index is 0.0102. The van der Waals surface area contributed by atoms with Crippen LogP contribution < -0.4 is 10.6 Å². The van der Waals surface area contributed by atoms with E-state index in [1.807, 2.05) is 57.2 Å². The van der Waals surface area contributed by atoms with Gasteiger partial charge in [-0.05, 0) is 52.4 Å². The summed E-state index contributed by atoms with van der Waals surface area (Å²) in [6.45, 7) is 6.08. The molecule has 0 bridgehead atoms. The molecule has 0 aliphatic heterocycles. The van der Waals surface area contributed by atoms with Crippen molar-refractivity contribution in [3.63, 3.8) is 0 Å². The summed E-state index contributed by atoms with van der Waals surface area (Å²) >= 11 is 0. The summed E-state index contributed by atoms with van der Waals surface area (Å²) < 4.78 is 0. The molecule has 0 aromatic heterocycles. The standard InChI is InChI=1S/C26H28N2O4/c1-26(2,3)16-24(30)27-20-12-11-18-14-17(8-10-19(18)15-20)9-13-23(29)28-22-7-5-4-6-21(22)25(31)32/h4-8,10-12,14-15H,9,13,16H2,1-3H3,(H,27,30)(H,28,29)(H,31,32). The SMILES string of the molecule is CC(C)(C)CC(=O)Nc1ccc2cc(CCC(=O)Nc3ccccc3C(=O)O)ccc2c1. The number of hydrogen-bond donors (Lipinski definition) is 3. The van der Waals surface area contributed by atoms with Crippen molar-refractivity contribution in [3.8, 4) is 0 Å². The highest BCUT2D eigenvalue weighted by molar-refractivity contribution is 6.00. The molecule has 0 aliphatic rings. The van der Waals surface area contributed by atoms with E-state index in [-0.39, 0.29) is 29.2 Å². The summed E-state index contributed by atoms with van der Waals surface area (Å²) in [5, 5.41) is 16.9. The van der Waals surface area contributed by atoms with Gasteiger partial charge in [-0.1, -0.05) is 57.2 Å². The van der Waals surface area contributed by atoms with Gasteiger partial charge < -0.3 is 15.7 Å². The van der Waals surface area contributed by atoms with E-state index in [2.05, 4.69) is 10.6 Å². The van der Waals surface area contributed by atoms with Gasteiger partial charge in [0.05, 0.1) is 11.3 Å². The zero-order valence-electron chi connectivity index (χ0n) is 18.6. The van der Waals surface area contributed by atoms with Gasteiger partial charge in [-0.3, -0.25) is 9.59 Å². The maximum absolute atomic E-state index is 12.3. The molecule has 6 nitrogen and oxygen atoms in total. The highest BCUT2D eigenvalue weighted by Gasteiger charge is 2.16. The van der Waals surface area contributed by atoms with Crippen LogP contribution in [0.4, 0.5) is 11.4 Å². The highest BCUT2D eigenvalue weighted by Crippen LogP contribution is 2.24. The van der Waals surface area contributed by atoms with Crippen LogP contribution in [0.2, 0.25) is 0 Å². The van der Waals surface area contributed by atoms with E-state index < -0.39 is 5.97 Å². The second kappa shape index (κ2) is 9.64. The molecule has 166 valence electrons. The second-order valence-corrected chi connectivity index (χ2v) is 9.08. The number of hydrogen-bond acceptors (Lipinski definition) is 3. The molecule has 6 heteroatoms. The fraction of sp³-hybridized carbons (Fsp3) is 0.269. The van der Waals surface area contributed by atoms with Crippen LogP contribution in [0.3, 0.4) is 0 Å². The number of aryl methyl sites for hydroxylation is 1. The molecule has 0 radical (unpaired) electrons. The topological polar surface area (TPSA) is 95.5 Å². The molecule has 3 rings (SSSR count). The van der Waals surface area contributed by atoms with Gasteiger partial charge in [0, 0.05) is 18.5 Å². The molecule has 0 saturated heterocycles. The number of amides is 2. The van der Waals surface area contributed by atoms with Crippen molar-refractivity contribution in [1.82, 2.24) is 0 Å². The average Bonchev–Trinajstić information content (AvgIpc) is 2.71. The number of carbonyl (C=O) groups is 3. The first kappa shape index (κ1) is 23.0. The van der Waals surface area contributed by atoms with E-state index in [4.69, 9.17) is 0 Å². The molecule has 0 unspecified atom stereocenters. The van der Waals surface area contributed by atoms with Crippen molar-refractivity contribution in [2.45, 2.75) is 40.0 Å². The Morgan fingerprint density at radius 2 is 1.53 bits per heavy atom. The molecule has 0 heterocycles. The van der Waals surface area contributed by atoms with E-state index in [0.29, 0.717) is 18.5 Å². The van der Waals surface area contributed by atoms with Crippen LogP contribution in [-0.4, -0.2) is 22.9 Å². The Kier molecular flexibility index (Phi) is 6.93. The number of para-hydroxylation sites is 1. The van der Waals surface area contributed by atoms with Crippen molar-refractivity contribution in [1.29, 1.82) is 0 Å². The molecule has 0 aliphatic carbocycles. The second-order valence-electron chi connectivity index (χ2n) is 9.08. The van der Waals surface area contributed by atoms with E-state index in [0.717, 1.165) is 22.0 Å². The van der Waals surface area contributed by atoms with Gasteiger partial charge in [0.15, 0.2) is 0 Å². The van der Waals surface area contributed by atoms with Crippen molar-refractivity contribution in [3.05, 3.63) is 71.8 Å². The van der Waals surface area contributed by atoms with Gasteiger partial charge in [0.2, 0.25) is 11.8 Å². The van der Waals surface area contributed by atoms with Gasteiger partial charge in [-0.25, -0.2) is 4.79 Å². The highest BCUT2D eigenvalue weighted by atomic mass is 16.4. The lowest BCUT2D eigenvalue weighted by atomic mass is 9.92. The molecule has 0 fully saturated rings. The van der Waals surface area contributed by atoms with Crippen LogP contribution in [0.15, 0.2) is 60.7 Å². The first-order chi connectivity index (χ1) is 15.1. The largest absolute Gasteiger partial charge is 0.478 e. The number of aromatic carboxylic acids is 1. The maximum Gasteiger partial charge on any atom is 0.337 e. The van der Waals surface area contributed by atoms with Gasteiger partial charge >= 0.3 is 5.97 Å². The molecule has 3 aromatic rings. The molecule has 32 heavy (non-hydrogen) atoms. The number of rotatable bonds is 7. The van der Waals surface area contributed by atoms with Crippen molar-refractivity contribution < 1.29 is 19.5 Å². The van der Waals surface area contributed by atoms with Crippen molar-refractivity contribution in [2.24, 2.45) is 5.41 Å². The number of carboxylic acids is 1. The van der Waals surface area contributed by atoms with Crippen LogP contribution in [-0.2, 0) is 16.0 Å². The lowest BCUT2D eigenvalue weighted by Gasteiger charge is -2.17. The lowest BCUT2D eigenvalue weighted by Crippen LogP contribution is -2.19. The molecule has 3 N–H and O–H groups in total. The van der Waals surface area contributed by atoms with E-state index >= 15 is 0 Å². The molecule has 0 spiro atoms. The average molecular weight is 433 g/mol. The molecule has 3 aromatic carbocycles. The van der Waals surface area contributed by atoms with E-state index in [1.165, 1.54) is 6.07 Å². The number of anilines is 2. The minimum Gasteiger partial charge on any atom is -0.478 e. The predicted octanol–water partition coefficient (Wildman–Crippen LogP) is 5.48. The minimum atomic E-state index is -1.08. The van der Waals surface area contributed by atoms with Gasteiger partial charge in [0.1, 0.15) is 0 Å². The van der Waals surface area contributed by atoms with E-state index in [1.54, 1.807) is 18.2 Å². The Morgan fingerprint density at radius 1 is 0.844 bits per heavy atom. The smallest absolute Gasteiger partial charge is 0.337 e. The zero-order chi connectivity index (χ0) is 23.3. The molecular weight excluding hydrogens is 404 g/mol. The fourth-order valence-electron chi connectivity index (χ4n) is 3.46. The third-order valence-corrected chi connectivity index (χ3v) is 4.95. The van der Waals surface area contributed by atoms with Gasteiger partial charge in [-0.15, -0.1) is 0 Å². The van der Waals surface area contributed by atoms with Crippen molar-refractivity contribution >= 4 is 39.9 Å². The van der Waals surface area contributed by atoms with Crippen molar-refractivity contribution in [2.75, 3.05) is 10.6 Å². The summed E-state index contributed by atoms with van der Waals surface area (Å²) in [5.74, 6) is -1.33. The summed E-state index contributed by atoms with van der Waals surface area (Å²) in [4.78, 5) is 35.8. The van der Waals surface area contributed by atoms with Gasteiger partial charge in [0.25, 0.3) is 0 Å². The third-order valence-electron chi connectivity index (χ3n) is 4.95. The third kappa shape index (κ3) is 6.41. The summed E-state index contributed by atoms with van der Waals surface area (Å²) in [5.41, 5.74) is 2.05. The molecular formula is C26H28N2O4. The Hall–Kier alpha value is -3.67. The Morgan fingerprint density at radius 3 is 2.25 bits per heavy atom. The fourth-order valence-corrected chi connectivity index (χ4v) is 3.46. The predicted molar refractivity (Wildman–Crippen MR) is 127 cm³/mol. The van der Waals surface area contributed by atoms with Crippen LogP contribution >= 0.6 is 0 Å². The summed E-state index contributed by atoms with van der Waals surface area (Å²) in [6, 6.07) is 18.1. The number of carbonyl (C=O) groups excluding carboxylic acids is 2. The molecule has 0 atom stereocenters. The number of fused-ring (bicyclic) bond motifs is 1. The van der Waals surface area contributed by atoms with Crippen LogP contribution in [0.5, 0.6) is 0 Å².